The van der Waals surface area contributed by atoms with Gasteiger partial charge in [-0.1, -0.05) is 12.1 Å². The van der Waals surface area contributed by atoms with Crippen LogP contribution in [-0.2, 0) is 0 Å². The second kappa shape index (κ2) is 10.9. The van der Waals surface area contributed by atoms with Gasteiger partial charge in [0.2, 0.25) is 0 Å². The summed E-state index contributed by atoms with van der Waals surface area (Å²) in [6.45, 7) is 4.98. The molecule has 9 nitrogen and oxygen atoms in total. The first-order chi connectivity index (χ1) is 16.9. The van der Waals surface area contributed by atoms with E-state index in [-0.39, 0.29) is 12.1 Å². The summed E-state index contributed by atoms with van der Waals surface area (Å²) < 4.78 is 5.90. The van der Waals surface area contributed by atoms with Crippen LogP contribution < -0.4 is 21.2 Å². The number of hydrogen-bond donors (Lipinski definition) is 4. The fraction of sp³-hybridized carbons (Fsp3) is 0.346. The number of nitrogens with zero attached hydrogens (tertiary/aromatic N) is 3. The molecule has 1 saturated carbocycles. The predicted octanol–water partition coefficient (Wildman–Crippen LogP) is 4.37. The van der Waals surface area contributed by atoms with Crippen LogP contribution in [0.25, 0.3) is 22.2 Å². The van der Waals surface area contributed by atoms with Crippen molar-refractivity contribution in [3.63, 3.8) is 0 Å². The van der Waals surface area contributed by atoms with Gasteiger partial charge in [-0.15, -0.1) is 0 Å². The number of aliphatic imine (C=N–C) groups is 1. The molecule has 1 aliphatic carbocycles. The van der Waals surface area contributed by atoms with E-state index in [1.165, 1.54) is 0 Å². The van der Waals surface area contributed by atoms with Crippen LogP contribution in [0, 0.1) is 11.3 Å². The summed E-state index contributed by atoms with van der Waals surface area (Å²) in [7, 11) is 0. The molecule has 0 spiro atoms. The molecule has 0 saturated heterocycles. The number of benzene rings is 2. The minimum absolute atomic E-state index is 0.0504. The molecule has 0 aliphatic heterocycles. The average Bonchev–Trinajstić information content (AvgIpc) is 3.59. The lowest BCUT2D eigenvalue weighted by atomic mass is 10.1. The highest BCUT2D eigenvalue weighted by atomic mass is 16.5. The number of H-pyrrole nitrogens is 1. The maximum atomic E-state index is 11.9. The summed E-state index contributed by atoms with van der Waals surface area (Å²) in [5.74, 6) is 6.64. The summed E-state index contributed by atoms with van der Waals surface area (Å²) in [4.78, 5) is 19.6. The summed E-state index contributed by atoms with van der Waals surface area (Å²) >= 11 is 0. The Bertz CT molecular complexity index is 1240. The largest absolute Gasteiger partial charge is 0.493 e. The topological polar surface area (TPSA) is 132 Å². The van der Waals surface area contributed by atoms with Crippen molar-refractivity contribution in [2.24, 2.45) is 10.8 Å². The van der Waals surface area contributed by atoms with Crippen molar-refractivity contribution in [3.05, 3.63) is 48.0 Å². The second-order valence-electron chi connectivity index (χ2n) is 8.96. The maximum absolute atomic E-state index is 11.9. The molecule has 0 unspecified atom stereocenters. The van der Waals surface area contributed by atoms with Gasteiger partial charge in [0.1, 0.15) is 11.8 Å². The van der Waals surface area contributed by atoms with Crippen molar-refractivity contribution in [2.45, 2.75) is 45.2 Å². The number of hydrogen-bond acceptors (Lipinski definition) is 5. The zero-order valence-corrected chi connectivity index (χ0v) is 20.0. The molecule has 0 radical (unpaired) electrons. The van der Waals surface area contributed by atoms with Crippen molar-refractivity contribution in [1.29, 1.82) is 5.26 Å². The summed E-state index contributed by atoms with van der Waals surface area (Å²) in [6, 6.07) is 15.6. The van der Waals surface area contributed by atoms with E-state index in [2.05, 4.69) is 26.7 Å². The number of aromatic nitrogens is 1. The number of fused-ring (bicyclic) bond motifs is 1. The van der Waals surface area contributed by atoms with Crippen LogP contribution in [-0.4, -0.2) is 47.6 Å². The molecule has 3 aromatic rings. The number of urea groups is 1. The fourth-order valence-corrected chi connectivity index (χ4v) is 3.65. The first-order valence-corrected chi connectivity index (χ1v) is 11.8. The number of hydrazine groups is 1. The van der Waals surface area contributed by atoms with E-state index < -0.39 is 0 Å². The molecule has 1 aromatic heterocycles. The molecule has 2 aromatic carbocycles. The zero-order chi connectivity index (χ0) is 24.8. The van der Waals surface area contributed by atoms with Crippen molar-refractivity contribution < 1.29 is 9.53 Å². The number of aromatic amines is 1. The number of nitrogens with one attached hydrogen (secondary N) is 3. The number of anilines is 1. The third-order valence-electron chi connectivity index (χ3n) is 5.54. The highest BCUT2D eigenvalue weighted by Gasteiger charge is 2.19. The monoisotopic (exact) mass is 473 g/mol. The molecular formula is C26H31N7O2. The van der Waals surface area contributed by atoms with Gasteiger partial charge >= 0.3 is 6.03 Å². The first-order valence-electron chi connectivity index (χ1n) is 11.8. The number of rotatable bonds is 10. The van der Waals surface area contributed by atoms with E-state index >= 15 is 0 Å². The Hall–Kier alpha value is -4.03. The molecule has 182 valence electrons. The molecule has 0 bridgehead atoms. The first kappa shape index (κ1) is 24.1. The SMILES string of the molecule is CC(C)NC(=O)Nc1ccc(-c2[nH]c3cc(OCCCN(N)C=NC4CC4)ccc3c2C#N)cc1. The Balaban J connectivity index is 1.40. The number of carbonyl (C=O) groups is 1. The number of nitrogens with two attached hydrogens (primary N) is 1. The van der Waals surface area contributed by atoms with Gasteiger partial charge in [-0.25, -0.2) is 10.6 Å². The van der Waals surface area contributed by atoms with Crippen LogP contribution in [0.2, 0.25) is 0 Å². The molecule has 5 N–H and O–H groups in total. The van der Waals surface area contributed by atoms with E-state index in [1.54, 1.807) is 11.3 Å². The summed E-state index contributed by atoms with van der Waals surface area (Å²) in [6.07, 6.45) is 4.78. The molecular weight excluding hydrogens is 442 g/mol. The maximum Gasteiger partial charge on any atom is 0.319 e. The number of nitriles is 1. The molecule has 9 heteroatoms. The molecule has 1 aliphatic rings. The van der Waals surface area contributed by atoms with Crippen LogP contribution in [0.5, 0.6) is 5.75 Å². The predicted molar refractivity (Wildman–Crippen MR) is 138 cm³/mol. The minimum atomic E-state index is -0.255. The highest BCUT2D eigenvalue weighted by molar-refractivity contribution is 5.95. The summed E-state index contributed by atoms with van der Waals surface area (Å²) in [5, 5.41) is 17.8. The number of carbonyl (C=O) groups excluding carboxylic acids is 1. The van der Waals surface area contributed by atoms with E-state index in [4.69, 9.17) is 10.6 Å². The summed E-state index contributed by atoms with van der Waals surface area (Å²) in [5.41, 5.74) is 3.65. The third-order valence-corrected chi connectivity index (χ3v) is 5.54. The van der Waals surface area contributed by atoms with E-state index in [9.17, 15) is 10.1 Å². The Morgan fingerprint density at radius 2 is 2.09 bits per heavy atom. The highest BCUT2D eigenvalue weighted by Crippen LogP contribution is 2.32. The van der Waals surface area contributed by atoms with Gasteiger partial charge in [-0.3, -0.25) is 4.99 Å². The smallest absolute Gasteiger partial charge is 0.319 e. The lowest BCUT2D eigenvalue weighted by Crippen LogP contribution is -2.34. The molecule has 4 rings (SSSR count). The lowest BCUT2D eigenvalue weighted by Gasteiger charge is -2.12. The average molecular weight is 474 g/mol. The normalized spacial score (nSPS) is 13.2. The minimum Gasteiger partial charge on any atom is -0.493 e. The standard InChI is InChI=1S/C26H31N7O2/c1-17(2)30-26(34)31-20-6-4-18(5-7-20)25-23(15-27)22-11-10-21(14-24(22)32-25)35-13-3-12-33(28)16-29-19-8-9-19/h4-7,10-11,14,16-17,19,32H,3,8-9,12-13,28H2,1-2H3,(H2,30,31,34). The van der Waals surface area contributed by atoms with Gasteiger partial charge < -0.3 is 25.4 Å². The van der Waals surface area contributed by atoms with E-state index in [0.717, 1.165) is 47.2 Å². The van der Waals surface area contributed by atoms with Gasteiger partial charge in [0, 0.05) is 36.1 Å². The Morgan fingerprint density at radius 1 is 1.31 bits per heavy atom. The van der Waals surface area contributed by atoms with Crippen LogP contribution in [0.15, 0.2) is 47.5 Å². The van der Waals surface area contributed by atoms with Gasteiger partial charge in [0.15, 0.2) is 0 Å². The molecule has 0 atom stereocenters. The fourth-order valence-electron chi connectivity index (χ4n) is 3.65. The van der Waals surface area contributed by atoms with Crippen molar-refractivity contribution in [1.82, 2.24) is 15.3 Å². The third kappa shape index (κ3) is 6.52. The Morgan fingerprint density at radius 3 is 2.77 bits per heavy atom. The van der Waals surface area contributed by atoms with Crippen LogP contribution in [0.4, 0.5) is 10.5 Å². The lowest BCUT2D eigenvalue weighted by molar-refractivity contribution is 0.250. The van der Waals surface area contributed by atoms with Crippen molar-refractivity contribution >= 4 is 29.0 Å². The van der Waals surface area contributed by atoms with Gasteiger partial charge in [-0.05, 0) is 56.5 Å². The zero-order valence-electron chi connectivity index (χ0n) is 20.0. The van der Waals surface area contributed by atoms with Gasteiger partial charge in [-0.2, -0.15) is 5.26 Å². The van der Waals surface area contributed by atoms with Gasteiger partial charge in [0.05, 0.1) is 35.8 Å². The molecule has 35 heavy (non-hydrogen) atoms. The Labute approximate surface area is 204 Å². The quantitative estimate of drug-likeness (QED) is 0.114. The van der Waals surface area contributed by atoms with Crippen LogP contribution in [0.1, 0.15) is 38.7 Å². The number of ether oxygens (including phenoxy) is 1. The van der Waals surface area contributed by atoms with E-state index in [1.807, 2.05) is 56.3 Å². The van der Waals surface area contributed by atoms with Crippen LogP contribution in [0.3, 0.4) is 0 Å². The molecule has 1 fully saturated rings. The Kier molecular flexibility index (Phi) is 7.53. The second-order valence-corrected chi connectivity index (χ2v) is 8.96. The van der Waals surface area contributed by atoms with E-state index in [0.29, 0.717) is 30.4 Å². The van der Waals surface area contributed by atoms with Crippen molar-refractivity contribution in [3.8, 4) is 23.1 Å². The van der Waals surface area contributed by atoms with Crippen LogP contribution >= 0.6 is 0 Å². The number of amides is 2. The van der Waals surface area contributed by atoms with Crippen molar-refractivity contribution in [2.75, 3.05) is 18.5 Å². The molecule has 1 heterocycles. The van der Waals surface area contributed by atoms with Gasteiger partial charge in [0.25, 0.3) is 0 Å². The molecule has 2 amide bonds.